The Labute approximate surface area is 177 Å². The molecule has 154 valence electrons. The van der Waals surface area contributed by atoms with Crippen molar-refractivity contribution in [2.45, 2.75) is 24.9 Å². The van der Waals surface area contributed by atoms with Crippen LogP contribution in [0.2, 0.25) is 0 Å². The van der Waals surface area contributed by atoms with Crippen LogP contribution in [0.25, 0.3) is 11.1 Å². The first kappa shape index (κ1) is 20.2. The summed E-state index contributed by atoms with van der Waals surface area (Å²) in [6.07, 6.45) is 3.35. The Hall–Kier alpha value is -3.05. The van der Waals surface area contributed by atoms with E-state index >= 15 is 0 Å². The van der Waals surface area contributed by atoms with Gasteiger partial charge in [0.1, 0.15) is 11.4 Å². The quantitative estimate of drug-likeness (QED) is 0.631. The van der Waals surface area contributed by atoms with Gasteiger partial charge in [0.25, 0.3) is 0 Å². The SMILES string of the molecule is CN(C)C(=O)[C@@]1(c2ccccn2)CCCN1Cc1ccccc1-c1ccccc1F. The fourth-order valence-corrected chi connectivity index (χ4v) is 4.51. The molecule has 1 atom stereocenters. The van der Waals surface area contributed by atoms with Gasteiger partial charge >= 0.3 is 0 Å². The largest absolute Gasteiger partial charge is 0.347 e. The Balaban J connectivity index is 1.78. The van der Waals surface area contributed by atoms with E-state index in [1.54, 1.807) is 37.3 Å². The molecule has 2 aromatic carbocycles. The van der Waals surface area contributed by atoms with E-state index in [2.05, 4.69) is 9.88 Å². The maximum absolute atomic E-state index is 14.5. The Morgan fingerprint density at radius 3 is 2.43 bits per heavy atom. The number of carbonyl (C=O) groups is 1. The molecule has 0 N–H and O–H groups in total. The minimum Gasteiger partial charge on any atom is -0.347 e. The highest BCUT2D eigenvalue weighted by Gasteiger charge is 2.50. The zero-order valence-corrected chi connectivity index (χ0v) is 17.4. The molecule has 1 aliphatic heterocycles. The minimum atomic E-state index is -0.812. The van der Waals surface area contributed by atoms with Crippen molar-refractivity contribution >= 4 is 5.91 Å². The first-order chi connectivity index (χ1) is 14.5. The topological polar surface area (TPSA) is 36.4 Å². The summed E-state index contributed by atoms with van der Waals surface area (Å²) in [5, 5.41) is 0. The predicted molar refractivity (Wildman–Crippen MR) is 116 cm³/mol. The van der Waals surface area contributed by atoms with Crippen LogP contribution in [0.1, 0.15) is 24.1 Å². The van der Waals surface area contributed by atoms with Crippen LogP contribution in [-0.2, 0) is 16.9 Å². The molecule has 1 fully saturated rings. The van der Waals surface area contributed by atoms with Crippen LogP contribution in [-0.4, -0.2) is 41.3 Å². The number of halogens is 1. The highest BCUT2D eigenvalue weighted by molar-refractivity contribution is 5.87. The van der Waals surface area contributed by atoms with Crippen molar-refractivity contribution in [1.82, 2.24) is 14.8 Å². The van der Waals surface area contributed by atoms with Crippen LogP contribution < -0.4 is 0 Å². The summed E-state index contributed by atoms with van der Waals surface area (Å²) >= 11 is 0. The summed E-state index contributed by atoms with van der Waals surface area (Å²) in [7, 11) is 3.58. The smallest absolute Gasteiger partial charge is 0.248 e. The molecule has 0 radical (unpaired) electrons. The van der Waals surface area contributed by atoms with Gasteiger partial charge < -0.3 is 4.90 Å². The average molecular weight is 404 g/mol. The van der Waals surface area contributed by atoms with Crippen LogP contribution in [0.4, 0.5) is 4.39 Å². The summed E-state index contributed by atoms with van der Waals surface area (Å²) in [5.74, 6) is -0.214. The monoisotopic (exact) mass is 403 g/mol. The zero-order chi connectivity index (χ0) is 21.1. The molecule has 1 aliphatic rings. The lowest BCUT2D eigenvalue weighted by Gasteiger charge is -2.38. The van der Waals surface area contributed by atoms with E-state index in [9.17, 15) is 9.18 Å². The molecule has 0 aliphatic carbocycles. The summed E-state index contributed by atoms with van der Waals surface area (Å²) < 4.78 is 14.5. The second kappa shape index (κ2) is 8.36. The molecule has 3 aromatic rings. The molecule has 1 aromatic heterocycles. The highest BCUT2D eigenvalue weighted by atomic mass is 19.1. The Bertz CT molecular complexity index is 1040. The van der Waals surface area contributed by atoms with Gasteiger partial charge in [-0.3, -0.25) is 14.7 Å². The van der Waals surface area contributed by atoms with Crippen molar-refractivity contribution in [3.05, 3.63) is 90.0 Å². The van der Waals surface area contributed by atoms with Crippen LogP contribution in [0.15, 0.2) is 72.9 Å². The number of nitrogens with zero attached hydrogens (tertiary/aromatic N) is 3. The standard InChI is InChI=1S/C25H26FN3O/c1-28(2)24(30)25(23-14-7-8-16-27-23)15-9-17-29(25)18-19-10-3-4-11-20(19)21-12-5-6-13-22(21)26/h3-8,10-14,16H,9,15,17-18H2,1-2H3/t25-/m0/s1. The van der Waals surface area contributed by atoms with Crippen molar-refractivity contribution in [1.29, 1.82) is 0 Å². The van der Waals surface area contributed by atoms with Crippen LogP contribution in [0.3, 0.4) is 0 Å². The summed E-state index contributed by atoms with van der Waals surface area (Å²) in [5.41, 5.74) is 2.39. The highest BCUT2D eigenvalue weighted by Crippen LogP contribution is 2.41. The zero-order valence-electron chi connectivity index (χ0n) is 17.4. The lowest BCUT2D eigenvalue weighted by molar-refractivity contribution is -0.141. The number of likely N-dealkylation sites (tertiary alicyclic amines) is 1. The molecule has 0 saturated carbocycles. The van der Waals surface area contributed by atoms with Gasteiger partial charge in [-0.1, -0.05) is 48.5 Å². The van der Waals surface area contributed by atoms with Crippen LogP contribution in [0, 0.1) is 5.82 Å². The number of hydrogen-bond donors (Lipinski definition) is 0. The maximum atomic E-state index is 14.5. The molecular formula is C25H26FN3O. The Kier molecular flexibility index (Phi) is 5.64. The summed E-state index contributed by atoms with van der Waals surface area (Å²) in [6, 6.07) is 20.4. The minimum absolute atomic E-state index is 0.0297. The van der Waals surface area contributed by atoms with Crippen molar-refractivity contribution in [3.8, 4) is 11.1 Å². The first-order valence-corrected chi connectivity index (χ1v) is 10.2. The number of likely N-dealkylation sites (N-methyl/N-ethyl adjacent to an activating group) is 1. The number of amides is 1. The van der Waals surface area contributed by atoms with Gasteiger partial charge in [-0.05, 0) is 48.7 Å². The molecule has 0 spiro atoms. The van der Waals surface area contributed by atoms with Gasteiger partial charge in [0.2, 0.25) is 5.91 Å². The third-order valence-corrected chi connectivity index (χ3v) is 5.90. The summed E-state index contributed by atoms with van der Waals surface area (Å²) in [6.45, 7) is 1.32. The predicted octanol–water partition coefficient (Wildman–Crippen LogP) is 4.47. The fraction of sp³-hybridized carbons (Fsp3) is 0.280. The third-order valence-electron chi connectivity index (χ3n) is 5.90. The van der Waals surface area contributed by atoms with E-state index in [-0.39, 0.29) is 11.7 Å². The molecule has 2 heterocycles. The van der Waals surface area contributed by atoms with E-state index in [0.29, 0.717) is 18.5 Å². The Morgan fingerprint density at radius 1 is 1.03 bits per heavy atom. The molecule has 4 nitrogen and oxygen atoms in total. The first-order valence-electron chi connectivity index (χ1n) is 10.2. The molecule has 5 heteroatoms. The lowest BCUT2D eigenvalue weighted by Crippen LogP contribution is -2.52. The molecule has 0 bridgehead atoms. The number of pyridine rings is 1. The van der Waals surface area contributed by atoms with E-state index in [4.69, 9.17) is 0 Å². The van der Waals surface area contributed by atoms with E-state index in [1.807, 2.05) is 48.5 Å². The molecule has 1 amide bonds. The van der Waals surface area contributed by atoms with Crippen molar-refractivity contribution in [2.75, 3.05) is 20.6 Å². The number of aromatic nitrogens is 1. The van der Waals surface area contributed by atoms with E-state index < -0.39 is 5.54 Å². The van der Waals surface area contributed by atoms with Crippen LogP contribution in [0.5, 0.6) is 0 Å². The Morgan fingerprint density at radius 2 is 1.73 bits per heavy atom. The summed E-state index contributed by atoms with van der Waals surface area (Å²) in [4.78, 5) is 21.9. The second-order valence-corrected chi connectivity index (χ2v) is 7.94. The van der Waals surface area contributed by atoms with Crippen molar-refractivity contribution < 1.29 is 9.18 Å². The van der Waals surface area contributed by atoms with Crippen molar-refractivity contribution in [3.63, 3.8) is 0 Å². The van der Waals surface area contributed by atoms with Crippen molar-refractivity contribution in [2.24, 2.45) is 0 Å². The number of carbonyl (C=O) groups excluding carboxylic acids is 1. The molecule has 4 rings (SSSR count). The number of rotatable bonds is 5. The normalized spacial score (nSPS) is 19.0. The number of benzene rings is 2. The third kappa shape index (κ3) is 3.50. The van der Waals surface area contributed by atoms with Gasteiger partial charge in [-0.15, -0.1) is 0 Å². The molecule has 0 unspecified atom stereocenters. The molecular weight excluding hydrogens is 377 g/mol. The van der Waals surface area contributed by atoms with Gasteiger partial charge in [-0.2, -0.15) is 0 Å². The van der Waals surface area contributed by atoms with Gasteiger partial charge in [-0.25, -0.2) is 4.39 Å². The second-order valence-electron chi connectivity index (χ2n) is 7.94. The number of hydrogen-bond acceptors (Lipinski definition) is 3. The van der Waals surface area contributed by atoms with Gasteiger partial charge in [0.05, 0.1) is 5.69 Å². The average Bonchev–Trinajstić information content (AvgIpc) is 3.19. The lowest BCUT2D eigenvalue weighted by atomic mass is 9.88. The van der Waals surface area contributed by atoms with E-state index in [0.717, 1.165) is 29.8 Å². The molecule has 30 heavy (non-hydrogen) atoms. The van der Waals surface area contributed by atoms with E-state index in [1.165, 1.54) is 6.07 Å². The van der Waals surface area contributed by atoms with Crippen LogP contribution >= 0.6 is 0 Å². The molecule has 1 saturated heterocycles. The maximum Gasteiger partial charge on any atom is 0.248 e. The fourth-order valence-electron chi connectivity index (χ4n) is 4.51. The van der Waals surface area contributed by atoms with Gasteiger partial charge in [0, 0.05) is 32.4 Å². The van der Waals surface area contributed by atoms with Gasteiger partial charge in [0.15, 0.2) is 0 Å².